The van der Waals surface area contributed by atoms with Gasteiger partial charge in [-0.3, -0.25) is 0 Å². The van der Waals surface area contributed by atoms with E-state index >= 15 is 0 Å². The fourth-order valence-electron chi connectivity index (χ4n) is 1.94. The van der Waals surface area contributed by atoms with Crippen molar-refractivity contribution in [3.05, 3.63) is 41.3 Å². The Hall–Kier alpha value is -1.13. The molecule has 2 rings (SSSR count). The molecule has 1 heterocycles. The van der Waals surface area contributed by atoms with Crippen LogP contribution in [0.3, 0.4) is 0 Å². The van der Waals surface area contributed by atoms with Gasteiger partial charge in [-0.1, -0.05) is 35.0 Å². The lowest BCUT2D eigenvalue weighted by Crippen LogP contribution is -2.18. The fraction of sp³-hybridized carbons (Fsp3) is 0.308. The summed E-state index contributed by atoms with van der Waals surface area (Å²) < 4.78 is 3.23. The molecule has 1 atom stereocenters. The number of rotatable bonds is 4. The van der Waals surface area contributed by atoms with E-state index < -0.39 is 0 Å². The summed E-state index contributed by atoms with van der Waals surface area (Å²) in [6.45, 7) is 2.77. The van der Waals surface area contributed by atoms with Gasteiger partial charge in [0.05, 0.1) is 18.2 Å². The van der Waals surface area contributed by atoms with Gasteiger partial charge in [0.2, 0.25) is 0 Å². The zero-order valence-electron chi connectivity index (χ0n) is 9.81. The van der Waals surface area contributed by atoms with E-state index in [9.17, 15) is 0 Å². The molecule has 0 saturated carbocycles. The van der Waals surface area contributed by atoms with Crippen molar-refractivity contribution in [1.82, 2.24) is 9.55 Å². The number of aromatic nitrogens is 2. The molecule has 1 unspecified atom stereocenters. The lowest BCUT2D eigenvalue weighted by Gasteiger charge is -2.17. The maximum Gasteiger partial charge on any atom is 0.0954 e. The third-order valence-corrected chi connectivity index (χ3v) is 3.42. The SMILES string of the molecule is CCC(CN)n1cncc1-c1cccc(Br)c1. The maximum absolute atomic E-state index is 5.79. The molecule has 0 aliphatic heterocycles. The Kier molecular flexibility index (Phi) is 3.97. The van der Waals surface area contributed by atoms with Gasteiger partial charge in [-0.2, -0.15) is 0 Å². The van der Waals surface area contributed by atoms with Gasteiger partial charge < -0.3 is 10.3 Å². The van der Waals surface area contributed by atoms with Gasteiger partial charge in [0.15, 0.2) is 0 Å². The maximum atomic E-state index is 5.79. The monoisotopic (exact) mass is 293 g/mol. The molecule has 0 radical (unpaired) electrons. The lowest BCUT2D eigenvalue weighted by atomic mass is 10.1. The average molecular weight is 294 g/mol. The third-order valence-electron chi connectivity index (χ3n) is 2.92. The molecular weight excluding hydrogens is 278 g/mol. The molecule has 0 amide bonds. The number of hydrogen-bond donors (Lipinski definition) is 1. The first-order chi connectivity index (χ1) is 8.26. The minimum Gasteiger partial charge on any atom is -0.328 e. The predicted molar refractivity (Wildman–Crippen MR) is 73.7 cm³/mol. The zero-order chi connectivity index (χ0) is 12.3. The van der Waals surface area contributed by atoms with E-state index in [0.717, 1.165) is 22.2 Å². The van der Waals surface area contributed by atoms with Gasteiger partial charge in [-0.25, -0.2) is 4.98 Å². The number of hydrogen-bond acceptors (Lipinski definition) is 2. The van der Waals surface area contributed by atoms with E-state index in [1.807, 2.05) is 24.7 Å². The van der Waals surface area contributed by atoms with Crippen molar-refractivity contribution in [3.63, 3.8) is 0 Å². The molecule has 1 aromatic carbocycles. The number of halogens is 1. The standard InChI is InChI=1S/C13H16BrN3/c1-2-12(7-15)17-9-16-8-13(17)10-4-3-5-11(14)6-10/h3-6,8-9,12H,2,7,15H2,1H3. The molecule has 0 bridgehead atoms. The highest BCUT2D eigenvalue weighted by atomic mass is 79.9. The number of benzene rings is 1. The van der Waals surface area contributed by atoms with Crippen molar-refractivity contribution >= 4 is 15.9 Å². The zero-order valence-corrected chi connectivity index (χ0v) is 11.4. The molecule has 0 aliphatic rings. The van der Waals surface area contributed by atoms with E-state index in [-0.39, 0.29) is 0 Å². The fourth-order valence-corrected chi connectivity index (χ4v) is 2.34. The Morgan fingerprint density at radius 1 is 1.47 bits per heavy atom. The highest BCUT2D eigenvalue weighted by Crippen LogP contribution is 2.25. The van der Waals surface area contributed by atoms with E-state index in [1.54, 1.807) is 0 Å². The third kappa shape index (κ3) is 2.58. The van der Waals surface area contributed by atoms with Crippen molar-refractivity contribution in [2.75, 3.05) is 6.54 Å². The van der Waals surface area contributed by atoms with Crippen molar-refractivity contribution in [2.45, 2.75) is 19.4 Å². The lowest BCUT2D eigenvalue weighted by molar-refractivity contribution is 0.500. The molecule has 0 fully saturated rings. The molecule has 0 spiro atoms. The second kappa shape index (κ2) is 5.47. The summed E-state index contributed by atoms with van der Waals surface area (Å²) in [5, 5.41) is 0. The van der Waals surface area contributed by atoms with Gasteiger partial charge in [0, 0.05) is 22.6 Å². The van der Waals surface area contributed by atoms with Crippen LogP contribution < -0.4 is 5.73 Å². The van der Waals surface area contributed by atoms with Gasteiger partial charge >= 0.3 is 0 Å². The summed E-state index contributed by atoms with van der Waals surface area (Å²) in [5.74, 6) is 0. The molecule has 2 aromatic rings. The predicted octanol–water partition coefficient (Wildman–Crippen LogP) is 3.22. The van der Waals surface area contributed by atoms with Gasteiger partial charge in [0.25, 0.3) is 0 Å². The van der Waals surface area contributed by atoms with Crippen LogP contribution >= 0.6 is 15.9 Å². The number of nitrogens with zero attached hydrogens (tertiary/aromatic N) is 2. The van der Waals surface area contributed by atoms with Crippen LogP contribution in [-0.2, 0) is 0 Å². The summed E-state index contributed by atoms with van der Waals surface area (Å²) in [5.41, 5.74) is 8.06. The largest absolute Gasteiger partial charge is 0.328 e. The van der Waals surface area contributed by atoms with E-state index in [1.165, 1.54) is 0 Å². The topological polar surface area (TPSA) is 43.8 Å². The summed E-state index contributed by atoms with van der Waals surface area (Å²) in [7, 11) is 0. The van der Waals surface area contributed by atoms with Crippen LogP contribution in [0.25, 0.3) is 11.3 Å². The molecule has 0 saturated heterocycles. The molecule has 2 N–H and O–H groups in total. The van der Waals surface area contributed by atoms with E-state index in [2.05, 4.69) is 44.5 Å². The molecule has 1 aromatic heterocycles. The van der Waals surface area contributed by atoms with Crippen LogP contribution in [0.4, 0.5) is 0 Å². The Morgan fingerprint density at radius 2 is 2.29 bits per heavy atom. The Balaban J connectivity index is 2.43. The Bertz CT molecular complexity index is 489. The van der Waals surface area contributed by atoms with Crippen molar-refractivity contribution in [1.29, 1.82) is 0 Å². The van der Waals surface area contributed by atoms with Crippen molar-refractivity contribution in [3.8, 4) is 11.3 Å². The average Bonchev–Trinajstić information content (AvgIpc) is 2.80. The molecule has 90 valence electrons. The van der Waals surface area contributed by atoms with E-state index in [0.29, 0.717) is 12.6 Å². The number of nitrogens with two attached hydrogens (primary N) is 1. The molecule has 3 nitrogen and oxygen atoms in total. The Morgan fingerprint density at radius 3 is 2.94 bits per heavy atom. The summed E-state index contributed by atoms with van der Waals surface area (Å²) in [6.07, 6.45) is 4.76. The molecule has 0 aliphatic carbocycles. The first-order valence-corrected chi connectivity index (χ1v) is 6.53. The van der Waals surface area contributed by atoms with E-state index in [4.69, 9.17) is 5.73 Å². The second-order valence-corrected chi connectivity index (χ2v) is 4.91. The minimum absolute atomic E-state index is 0.312. The molecule has 17 heavy (non-hydrogen) atoms. The second-order valence-electron chi connectivity index (χ2n) is 3.99. The summed E-state index contributed by atoms with van der Waals surface area (Å²) in [4.78, 5) is 4.24. The van der Waals surface area contributed by atoms with Gasteiger partial charge in [-0.15, -0.1) is 0 Å². The number of imidazole rings is 1. The summed E-state index contributed by atoms with van der Waals surface area (Å²) in [6, 6.07) is 8.54. The van der Waals surface area contributed by atoms with Crippen LogP contribution in [0.5, 0.6) is 0 Å². The van der Waals surface area contributed by atoms with Crippen LogP contribution in [0.2, 0.25) is 0 Å². The summed E-state index contributed by atoms with van der Waals surface area (Å²) >= 11 is 3.49. The van der Waals surface area contributed by atoms with Crippen LogP contribution in [0.1, 0.15) is 19.4 Å². The Labute approximate surface area is 110 Å². The first kappa shape index (κ1) is 12.3. The first-order valence-electron chi connectivity index (χ1n) is 5.74. The molecular formula is C13H16BrN3. The molecule has 4 heteroatoms. The highest BCUT2D eigenvalue weighted by Gasteiger charge is 2.12. The normalized spacial score (nSPS) is 12.6. The highest BCUT2D eigenvalue weighted by molar-refractivity contribution is 9.10. The van der Waals surface area contributed by atoms with Crippen molar-refractivity contribution in [2.24, 2.45) is 5.73 Å². The van der Waals surface area contributed by atoms with Gasteiger partial charge in [0.1, 0.15) is 0 Å². The van der Waals surface area contributed by atoms with Crippen LogP contribution in [0, 0.1) is 0 Å². The van der Waals surface area contributed by atoms with Gasteiger partial charge in [-0.05, 0) is 18.6 Å². The smallest absolute Gasteiger partial charge is 0.0954 e. The minimum atomic E-state index is 0.312. The van der Waals surface area contributed by atoms with Crippen LogP contribution in [0.15, 0.2) is 41.3 Å². The quantitative estimate of drug-likeness (QED) is 0.941. The van der Waals surface area contributed by atoms with Crippen LogP contribution in [-0.4, -0.2) is 16.1 Å². The van der Waals surface area contributed by atoms with Crippen molar-refractivity contribution < 1.29 is 0 Å².